The van der Waals surface area contributed by atoms with Gasteiger partial charge in [-0.3, -0.25) is 9.69 Å². The Morgan fingerprint density at radius 2 is 2.14 bits per heavy atom. The molecule has 1 fully saturated rings. The van der Waals surface area contributed by atoms with E-state index in [0.717, 1.165) is 47.9 Å². The van der Waals surface area contributed by atoms with Crippen molar-refractivity contribution in [3.8, 4) is 0 Å². The van der Waals surface area contributed by atoms with Crippen LogP contribution in [0.15, 0.2) is 29.8 Å². The predicted octanol–water partition coefficient (Wildman–Crippen LogP) is 3.84. The number of carbonyl (C=O) groups excluding carboxylic acids is 1. The van der Waals surface area contributed by atoms with Gasteiger partial charge >= 0.3 is 0 Å². The van der Waals surface area contributed by atoms with E-state index >= 15 is 0 Å². The number of carbonyl (C=O) groups is 1. The van der Waals surface area contributed by atoms with E-state index in [-0.39, 0.29) is 11.9 Å². The second-order valence-corrected chi connectivity index (χ2v) is 8.42. The third-order valence-corrected chi connectivity index (χ3v) is 5.86. The van der Waals surface area contributed by atoms with Crippen molar-refractivity contribution >= 4 is 23.1 Å². The smallest absolute Gasteiger partial charge is 0.275 e. The highest BCUT2D eigenvalue weighted by molar-refractivity contribution is 7.09. The van der Waals surface area contributed by atoms with Crippen LogP contribution in [0.3, 0.4) is 0 Å². The van der Waals surface area contributed by atoms with Crippen LogP contribution in [0.4, 0.5) is 5.82 Å². The number of thiazole rings is 1. The maximum Gasteiger partial charge on any atom is 0.275 e. The molecular formula is C21H24N6OS. The minimum Gasteiger partial charge on any atom is -0.305 e. The van der Waals surface area contributed by atoms with E-state index in [1.54, 1.807) is 23.6 Å². The van der Waals surface area contributed by atoms with Gasteiger partial charge in [0.2, 0.25) is 0 Å². The van der Waals surface area contributed by atoms with E-state index in [2.05, 4.69) is 35.5 Å². The Morgan fingerprint density at radius 1 is 1.28 bits per heavy atom. The lowest BCUT2D eigenvalue weighted by Gasteiger charge is -2.23. The van der Waals surface area contributed by atoms with Crippen molar-refractivity contribution in [2.24, 2.45) is 0 Å². The maximum atomic E-state index is 12.8. The molecule has 1 unspecified atom stereocenters. The topological polar surface area (TPSA) is 83.9 Å². The van der Waals surface area contributed by atoms with Gasteiger partial charge in [-0.1, -0.05) is 6.07 Å². The summed E-state index contributed by atoms with van der Waals surface area (Å²) in [5, 5.41) is 6.05. The van der Waals surface area contributed by atoms with Gasteiger partial charge in [0, 0.05) is 23.8 Å². The third-order valence-electron chi connectivity index (χ3n) is 5.04. The van der Waals surface area contributed by atoms with Crippen LogP contribution in [0.1, 0.15) is 57.2 Å². The first-order chi connectivity index (χ1) is 14.0. The zero-order valence-corrected chi connectivity index (χ0v) is 17.7. The van der Waals surface area contributed by atoms with Crippen LogP contribution < -0.4 is 5.32 Å². The zero-order chi connectivity index (χ0) is 20.4. The number of hydrogen-bond acceptors (Lipinski definition) is 7. The highest BCUT2D eigenvalue weighted by atomic mass is 32.1. The molecule has 0 spiro atoms. The van der Waals surface area contributed by atoms with Crippen LogP contribution >= 0.6 is 11.3 Å². The molecule has 0 saturated carbocycles. The summed E-state index contributed by atoms with van der Waals surface area (Å²) in [6, 6.07) is 5.58. The average molecular weight is 409 g/mol. The third kappa shape index (κ3) is 4.49. The zero-order valence-electron chi connectivity index (χ0n) is 16.8. The average Bonchev–Trinajstić information content (AvgIpc) is 3.32. The van der Waals surface area contributed by atoms with Crippen LogP contribution in [0.5, 0.6) is 0 Å². The highest BCUT2D eigenvalue weighted by Gasteiger charge is 2.29. The number of likely N-dealkylation sites (tertiary alicyclic amines) is 1. The molecule has 4 rings (SSSR count). The van der Waals surface area contributed by atoms with Gasteiger partial charge in [0.15, 0.2) is 0 Å². The Hall–Kier alpha value is -2.71. The second kappa shape index (κ2) is 8.34. The molecule has 150 valence electrons. The van der Waals surface area contributed by atoms with E-state index in [4.69, 9.17) is 0 Å². The Balaban J connectivity index is 1.55. The van der Waals surface area contributed by atoms with Crippen molar-refractivity contribution in [2.75, 3.05) is 11.9 Å². The van der Waals surface area contributed by atoms with Gasteiger partial charge in [-0.05, 0) is 57.9 Å². The van der Waals surface area contributed by atoms with Gasteiger partial charge in [0.05, 0.1) is 16.7 Å². The Kier molecular flexibility index (Phi) is 5.64. The summed E-state index contributed by atoms with van der Waals surface area (Å²) >= 11 is 1.67. The lowest BCUT2D eigenvalue weighted by Crippen LogP contribution is -2.26. The molecule has 1 aliphatic heterocycles. The number of aryl methyl sites for hydroxylation is 3. The lowest BCUT2D eigenvalue weighted by atomic mass is 10.2. The summed E-state index contributed by atoms with van der Waals surface area (Å²) in [6.45, 7) is 7.59. The van der Waals surface area contributed by atoms with Crippen LogP contribution in [-0.4, -0.2) is 37.3 Å². The predicted molar refractivity (Wildman–Crippen MR) is 113 cm³/mol. The van der Waals surface area contributed by atoms with Crippen LogP contribution in [0.25, 0.3) is 0 Å². The van der Waals surface area contributed by atoms with Gasteiger partial charge in [0.25, 0.3) is 5.91 Å². The number of pyridine rings is 1. The SMILES string of the molecule is Cc1cc(C(=O)Nc2ncccc2C)nc(C2CCCN2Cc2csc(C)n2)n1. The molecule has 8 heteroatoms. The standard InChI is InChI=1S/C21H24N6OS/c1-13-6-4-8-22-19(13)26-21(28)17-10-14(2)23-20(25-17)18-7-5-9-27(18)11-16-12-29-15(3)24-16/h4,6,8,10,12,18H,5,7,9,11H2,1-3H3,(H,22,26,28). The number of nitrogens with zero attached hydrogens (tertiary/aromatic N) is 5. The molecule has 1 atom stereocenters. The normalized spacial score (nSPS) is 16.9. The molecule has 0 radical (unpaired) electrons. The Morgan fingerprint density at radius 3 is 2.90 bits per heavy atom. The van der Waals surface area contributed by atoms with E-state index in [0.29, 0.717) is 17.3 Å². The number of aromatic nitrogens is 4. The van der Waals surface area contributed by atoms with Crippen molar-refractivity contribution in [1.82, 2.24) is 24.8 Å². The molecule has 29 heavy (non-hydrogen) atoms. The fourth-order valence-electron chi connectivity index (χ4n) is 3.64. The molecular weight excluding hydrogens is 384 g/mol. The van der Waals surface area contributed by atoms with Crippen LogP contribution in [0.2, 0.25) is 0 Å². The molecule has 1 aliphatic rings. The van der Waals surface area contributed by atoms with Gasteiger partial charge in [-0.25, -0.2) is 19.9 Å². The molecule has 0 bridgehead atoms. The van der Waals surface area contributed by atoms with E-state index in [9.17, 15) is 4.79 Å². The van der Waals surface area contributed by atoms with Gasteiger partial charge < -0.3 is 5.32 Å². The fourth-order valence-corrected chi connectivity index (χ4v) is 4.25. The van der Waals surface area contributed by atoms with Crippen LogP contribution in [-0.2, 0) is 6.54 Å². The summed E-state index contributed by atoms with van der Waals surface area (Å²) in [7, 11) is 0. The second-order valence-electron chi connectivity index (χ2n) is 7.36. The number of hydrogen-bond donors (Lipinski definition) is 1. The minimum atomic E-state index is -0.266. The van der Waals surface area contributed by atoms with E-state index < -0.39 is 0 Å². The number of rotatable bonds is 5. The van der Waals surface area contributed by atoms with E-state index in [1.165, 1.54) is 0 Å². The molecule has 4 heterocycles. The molecule has 1 N–H and O–H groups in total. The van der Waals surface area contributed by atoms with Crippen LogP contribution in [0, 0.1) is 20.8 Å². The summed E-state index contributed by atoms with van der Waals surface area (Å²) < 4.78 is 0. The molecule has 0 aliphatic carbocycles. The maximum absolute atomic E-state index is 12.8. The van der Waals surface area contributed by atoms with Crippen molar-refractivity contribution in [1.29, 1.82) is 0 Å². The first kappa shape index (κ1) is 19.6. The van der Waals surface area contributed by atoms with Gasteiger partial charge in [-0.2, -0.15) is 0 Å². The number of amides is 1. The highest BCUT2D eigenvalue weighted by Crippen LogP contribution is 2.31. The first-order valence-corrected chi connectivity index (χ1v) is 10.6. The largest absolute Gasteiger partial charge is 0.305 e. The van der Waals surface area contributed by atoms with Crippen molar-refractivity contribution in [2.45, 2.75) is 46.2 Å². The van der Waals surface area contributed by atoms with Crippen molar-refractivity contribution in [3.63, 3.8) is 0 Å². The molecule has 1 saturated heterocycles. The summed E-state index contributed by atoms with van der Waals surface area (Å²) in [5.41, 5.74) is 3.14. The molecule has 1 amide bonds. The minimum absolute atomic E-state index is 0.0973. The monoisotopic (exact) mass is 408 g/mol. The van der Waals surface area contributed by atoms with Crippen molar-refractivity contribution in [3.05, 3.63) is 63.3 Å². The van der Waals surface area contributed by atoms with Gasteiger partial charge in [0.1, 0.15) is 17.3 Å². The summed E-state index contributed by atoms with van der Waals surface area (Å²) in [6.07, 6.45) is 3.72. The first-order valence-electron chi connectivity index (χ1n) is 9.73. The molecule has 0 aromatic carbocycles. The van der Waals surface area contributed by atoms with Crippen molar-refractivity contribution < 1.29 is 4.79 Å². The Labute approximate surface area is 174 Å². The van der Waals surface area contributed by atoms with E-state index in [1.807, 2.05) is 32.9 Å². The lowest BCUT2D eigenvalue weighted by molar-refractivity contribution is 0.102. The number of nitrogens with one attached hydrogen (secondary N) is 1. The fraction of sp³-hybridized carbons (Fsp3) is 0.381. The summed E-state index contributed by atoms with van der Waals surface area (Å²) in [4.78, 5) is 33.3. The Bertz CT molecular complexity index is 1030. The molecule has 3 aromatic heterocycles. The number of anilines is 1. The molecule has 3 aromatic rings. The quantitative estimate of drug-likeness (QED) is 0.690. The van der Waals surface area contributed by atoms with Gasteiger partial charge in [-0.15, -0.1) is 11.3 Å². The molecule has 7 nitrogen and oxygen atoms in total. The summed E-state index contributed by atoms with van der Waals surface area (Å²) in [5.74, 6) is 0.993.